The lowest BCUT2D eigenvalue weighted by molar-refractivity contribution is 0.0684. The zero-order valence-corrected chi connectivity index (χ0v) is 11.0. The molecular weight excluding hydrogens is 247 g/mol. The summed E-state index contributed by atoms with van der Waals surface area (Å²) >= 11 is 0. The average Bonchev–Trinajstić information content (AvgIpc) is 2.45. The fourth-order valence-electron chi connectivity index (χ4n) is 2.07. The summed E-state index contributed by atoms with van der Waals surface area (Å²) in [5.74, 6) is 0.276. The molecule has 0 aromatic heterocycles. The number of rotatable bonds is 6. The van der Waals surface area contributed by atoms with E-state index in [1.54, 1.807) is 12.1 Å². The maximum absolute atomic E-state index is 12.7. The molecule has 1 fully saturated rings. The van der Waals surface area contributed by atoms with E-state index in [0.717, 1.165) is 13.1 Å². The molecule has 0 bridgehead atoms. The Hall–Kier alpha value is -1.17. The standard InChI is InChI=1S/C14H21FN2O2/c15-12-4-6-14(7-5-12)19-11-13(18)10-16-17-8-2-1-3-9-17/h4-7,13,16,18H,1-3,8-11H2. The molecule has 1 saturated heterocycles. The number of piperidine rings is 1. The molecule has 2 rings (SSSR count). The van der Waals surface area contributed by atoms with Gasteiger partial charge in [0.05, 0.1) is 0 Å². The molecule has 0 aliphatic carbocycles. The maximum Gasteiger partial charge on any atom is 0.123 e. The number of aliphatic hydroxyl groups is 1. The monoisotopic (exact) mass is 268 g/mol. The first-order chi connectivity index (χ1) is 9.24. The summed E-state index contributed by atoms with van der Waals surface area (Å²) < 4.78 is 18.1. The fraction of sp³-hybridized carbons (Fsp3) is 0.571. The number of ether oxygens (including phenoxy) is 1. The van der Waals surface area contributed by atoms with Gasteiger partial charge in [0.25, 0.3) is 0 Å². The van der Waals surface area contributed by atoms with Crippen LogP contribution in [0.4, 0.5) is 4.39 Å². The third-order valence-electron chi connectivity index (χ3n) is 3.16. The van der Waals surface area contributed by atoms with E-state index in [2.05, 4.69) is 10.4 Å². The highest BCUT2D eigenvalue weighted by Gasteiger charge is 2.12. The van der Waals surface area contributed by atoms with Crippen LogP contribution < -0.4 is 10.2 Å². The smallest absolute Gasteiger partial charge is 0.123 e. The molecule has 1 atom stereocenters. The van der Waals surface area contributed by atoms with E-state index >= 15 is 0 Å². The minimum atomic E-state index is -0.577. The first kappa shape index (κ1) is 14.2. The summed E-state index contributed by atoms with van der Waals surface area (Å²) in [7, 11) is 0. The first-order valence-electron chi connectivity index (χ1n) is 6.79. The van der Waals surface area contributed by atoms with E-state index in [1.165, 1.54) is 31.4 Å². The van der Waals surface area contributed by atoms with Gasteiger partial charge in [-0.3, -0.25) is 5.43 Å². The number of halogens is 1. The zero-order valence-electron chi connectivity index (χ0n) is 11.0. The molecule has 1 heterocycles. The van der Waals surface area contributed by atoms with Crippen LogP contribution in [0.3, 0.4) is 0 Å². The van der Waals surface area contributed by atoms with Crippen LogP contribution in [0, 0.1) is 5.82 Å². The predicted octanol–water partition coefficient (Wildman–Crippen LogP) is 1.56. The molecule has 1 aromatic rings. The Morgan fingerprint density at radius 3 is 2.58 bits per heavy atom. The van der Waals surface area contributed by atoms with Gasteiger partial charge in [0.2, 0.25) is 0 Å². The molecule has 1 unspecified atom stereocenters. The van der Waals surface area contributed by atoms with Crippen molar-refractivity contribution in [1.82, 2.24) is 10.4 Å². The highest BCUT2D eigenvalue weighted by molar-refractivity contribution is 5.22. The van der Waals surface area contributed by atoms with E-state index in [4.69, 9.17) is 4.74 Å². The molecule has 1 aromatic carbocycles. The van der Waals surface area contributed by atoms with Gasteiger partial charge in [-0.2, -0.15) is 0 Å². The molecule has 5 heteroatoms. The van der Waals surface area contributed by atoms with Crippen LogP contribution in [0.15, 0.2) is 24.3 Å². The molecule has 4 nitrogen and oxygen atoms in total. The Labute approximate surface area is 113 Å². The minimum absolute atomic E-state index is 0.201. The third-order valence-corrected chi connectivity index (χ3v) is 3.16. The van der Waals surface area contributed by atoms with Crippen LogP contribution >= 0.6 is 0 Å². The Bertz CT molecular complexity index is 366. The van der Waals surface area contributed by atoms with Gasteiger partial charge in [-0.15, -0.1) is 0 Å². The molecule has 0 spiro atoms. The zero-order chi connectivity index (χ0) is 13.5. The average molecular weight is 268 g/mol. The van der Waals surface area contributed by atoms with Crippen LogP contribution in [0.5, 0.6) is 5.75 Å². The molecule has 106 valence electrons. The Kier molecular flexibility index (Phi) is 5.57. The van der Waals surface area contributed by atoms with Gasteiger partial charge in [-0.05, 0) is 37.1 Å². The number of hydrogen-bond donors (Lipinski definition) is 2. The van der Waals surface area contributed by atoms with Crippen LogP contribution in [0.1, 0.15) is 19.3 Å². The molecule has 0 radical (unpaired) electrons. The van der Waals surface area contributed by atoms with Gasteiger partial charge in [-0.1, -0.05) is 6.42 Å². The molecule has 1 aliphatic heterocycles. The molecular formula is C14H21FN2O2. The van der Waals surface area contributed by atoms with Gasteiger partial charge >= 0.3 is 0 Å². The topological polar surface area (TPSA) is 44.7 Å². The normalized spacial score (nSPS) is 18.2. The second-order valence-electron chi connectivity index (χ2n) is 4.83. The van der Waals surface area contributed by atoms with E-state index < -0.39 is 6.10 Å². The van der Waals surface area contributed by atoms with Crippen molar-refractivity contribution in [3.63, 3.8) is 0 Å². The van der Waals surface area contributed by atoms with Crippen molar-refractivity contribution in [2.75, 3.05) is 26.2 Å². The van der Waals surface area contributed by atoms with Gasteiger partial charge in [0, 0.05) is 19.6 Å². The summed E-state index contributed by atoms with van der Waals surface area (Å²) in [4.78, 5) is 0. The molecule has 19 heavy (non-hydrogen) atoms. The summed E-state index contributed by atoms with van der Waals surface area (Å²) in [5.41, 5.74) is 3.21. The summed E-state index contributed by atoms with van der Waals surface area (Å²) in [5, 5.41) is 12.0. The SMILES string of the molecule is OC(CNN1CCCCC1)COc1ccc(F)cc1. The number of nitrogens with one attached hydrogen (secondary N) is 1. The number of nitrogens with zero attached hydrogens (tertiary/aromatic N) is 1. The first-order valence-corrected chi connectivity index (χ1v) is 6.79. The van der Waals surface area contributed by atoms with Crippen LogP contribution in [0.2, 0.25) is 0 Å². The number of hydrogen-bond acceptors (Lipinski definition) is 4. The number of benzene rings is 1. The van der Waals surface area contributed by atoms with Crippen molar-refractivity contribution < 1.29 is 14.2 Å². The van der Waals surface area contributed by atoms with E-state index in [1.807, 2.05) is 0 Å². The van der Waals surface area contributed by atoms with Crippen LogP contribution in [-0.2, 0) is 0 Å². The van der Waals surface area contributed by atoms with Gasteiger partial charge in [0.1, 0.15) is 24.3 Å². The van der Waals surface area contributed by atoms with E-state index in [9.17, 15) is 9.50 Å². The summed E-state index contributed by atoms with van der Waals surface area (Å²) in [6, 6.07) is 5.79. The van der Waals surface area contributed by atoms with Crippen molar-refractivity contribution >= 4 is 0 Å². The van der Waals surface area contributed by atoms with Gasteiger partial charge < -0.3 is 9.84 Å². The van der Waals surface area contributed by atoms with Gasteiger partial charge in [-0.25, -0.2) is 9.40 Å². The molecule has 0 saturated carbocycles. The van der Waals surface area contributed by atoms with Crippen LogP contribution in [-0.4, -0.2) is 42.5 Å². The van der Waals surface area contributed by atoms with Gasteiger partial charge in [0.15, 0.2) is 0 Å². The van der Waals surface area contributed by atoms with E-state index in [-0.39, 0.29) is 12.4 Å². The second-order valence-corrected chi connectivity index (χ2v) is 4.83. The molecule has 0 amide bonds. The largest absolute Gasteiger partial charge is 0.491 e. The van der Waals surface area contributed by atoms with E-state index in [0.29, 0.717) is 12.3 Å². The van der Waals surface area contributed by atoms with Crippen molar-refractivity contribution in [2.24, 2.45) is 0 Å². The predicted molar refractivity (Wildman–Crippen MR) is 71.3 cm³/mol. The van der Waals surface area contributed by atoms with Crippen LogP contribution in [0.25, 0.3) is 0 Å². The summed E-state index contributed by atoms with van der Waals surface area (Å²) in [6.07, 6.45) is 3.12. The Morgan fingerprint density at radius 2 is 1.89 bits per heavy atom. The lowest BCUT2D eigenvalue weighted by atomic mass is 10.2. The highest BCUT2D eigenvalue weighted by atomic mass is 19.1. The number of hydrazine groups is 1. The second kappa shape index (κ2) is 7.43. The van der Waals surface area contributed by atoms with Crippen molar-refractivity contribution in [2.45, 2.75) is 25.4 Å². The minimum Gasteiger partial charge on any atom is -0.491 e. The van der Waals surface area contributed by atoms with Crippen molar-refractivity contribution in [3.05, 3.63) is 30.1 Å². The quantitative estimate of drug-likeness (QED) is 0.822. The molecule has 1 aliphatic rings. The lowest BCUT2D eigenvalue weighted by Crippen LogP contribution is -2.46. The Balaban J connectivity index is 1.63. The number of aliphatic hydroxyl groups excluding tert-OH is 1. The fourth-order valence-corrected chi connectivity index (χ4v) is 2.07. The summed E-state index contributed by atoms with van der Waals surface area (Å²) in [6.45, 7) is 2.74. The third kappa shape index (κ3) is 5.14. The van der Waals surface area contributed by atoms with Crippen molar-refractivity contribution in [3.8, 4) is 5.75 Å². The van der Waals surface area contributed by atoms with Crippen molar-refractivity contribution in [1.29, 1.82) is 0 Å². The Morgan fingerprint density at radius 1 is 1.21 bits per heavy atom. The molecule has 2 N–H and O–H groups in total. The highest BCUT2D eigenvalue weighted by Crippen LogP contribution is 2.11. The maximum atomic E-state index is 12.7. The lowest BCUT2D eigenvalue weighted by Gasteiger charge is -2.28.